The molecule has 6 heteroatoms. The molecule has 2 aromatic carbocycles. The number of hydrogen-bond donors (Lipinski definition) is 1. The number of fused-ring (bicyclic) bond motifs is 1. The summed E-state index contributed by atoms with van der Waals surface area (Å²) in [6, 6.07) is 9.93. The molecule has 0 fully saturated rings. The zero-order chi connectivity index (χ0) is 18.2. The number of ether oxygens (including phenoxy) is 1. The monoisotopic (exact) mass is 350 g/mol. The highest BCUT2D eigenvalue weighted by atomic mass is 19.4. The van der Waals surface area contributed by atoms with Crippen LogP contribution in [0.1, 0.15) is 41.3 Å². The first-order chi connectivity index (χ1) is 11.7. The van der Waals surface area contributed by atoms with Gasteiger partial charge in [0.25, 0.3) is 0 Å². The molecule has 0 amide bonds. The third-order valence-corrected chi connectivity index (χ3v) is 4.41. The first-order valence-electron chi connectivity index (χ1n) is 7.88. The van der Waals surface area contributed by atoms with Crippen LogP contribution in [0.3, 0.4) is 0 Å². The van der Waals surface area contributed by atoms with Gasteiger partial charge in [0.05, 0.1) is 17.5 Å². The first-order valence-corrected chi connectivity index (χ1v) is 7.88. The second kappa shape index (κ2) is 6.10. The zero-order valence-corrected chi connectivity index (χ0v) is 13.6. The molecule has 1 N–H and O–H groups in total. The highest BCUT2D eigenvalue weighted by molar-refractivity contribution is 5.99. The molecule has 0 spiro atoms. The number of ketones is 1. The van der Waals surface area contributed by atoms with E-state index in [0.29, 0.717) is 18.2 Å². The standard InChI is InChI=1S/C19H17F3O3/c1-18(9-8-12-4-2-3-5-17(12)25-18)11-16(24)14-7-6-13(10-15(14)23)19(20,21)22/h2-7,10,23H,8-9,11H2,1H3. The summed E-state index contributed by atoms with van der Waals surface area (Å²) in [5.74, 6) is -0.409. The summed E-state index contributed by atoms with van der Waals surface area (Å²) in [7, 11) is 0. The summed E-state index contributed by atoms with van der Waals surface area (Å²) in [5, 5.41) is 9.83. The van der Waals surface area contributed by atoms with Crippen LogP contribution in [0.25, 0.3) is 0 Å². The van der Waals surface area contributed by atoms with Gasteiger partial charge in [-0.15, -0.1) is 0 Å². The molecule has 0 aliphatic carbocycles. The molecule has 1 atom stereocenters. The van der Waals surface area contributed by atoms with Gasteiger partial charge < -0.3 is 9.84 Å². The molecule has 0 aromatic heterocycles. The van der Waals surface area contributed by atoms with Crippen LogP contribution in [-0.4, -0.2) is 16.5 Å². The van der Waals surface area contributed by atoms with Crippen molar-refractivity contribution < 1.29 is 27.8 Å². The number of rotatable bonds is 3. The van der Waals surface area contributed by atoms with Crippen LogP contribution in [0.2, 0.25) is 0 Å². The lowest BCUT2D eigenvalue weighted by molar-refractivity contribution is -0.137. The Kier molecular flexibility index (Phi) is 4.22. The number of aryl methyl sites for hydroxylation is 1. The lowest BCUT2D eigenvalue weighted by Crippen LogP contribution is -2.38. The smallest absolute Gasteiger partial charge is 0.416 e. The molecule has 0 saturated heterocycles. The maximum absolute atomic E-state index is 12.7. The second-order valence-corrected chi connectivity index (χ2v) is 6.49. The molecule has 3 nitrogen and oxygen atoms in total. The molecule has 0 saturated carbocycles. The fourth-order valence-corrected chi connectivity index (χ4v) is 3.03. The van der Waals surface area contributed by atoms with E-state index in [1.54, 1.807) is 6.92 Å². The number of carbonyl (C=O) groups is 1. The van der Waals surface area contributed by atoms with Crippen LogP contribution in [0.15, 0.2) is 42.5 Å². The Bertz CT molecular complexity index is 814. The van der Waals surface area contributed by atoms with Crippen molar-refractivity contribution in [3.05, 3.63) is 59.2 Å². The molecule has 1 aliphatic heterocycles. The number of Topliss-reactive ketones (excluding diaryl/α,β-unsaturated/α-hetero) is 1. The number of alkyl halides is 3. The van der Waals surface area contributed by atoms with Crippen molar-refractivity contribution in [2.45, 2.75) is 38.0 Å². The third-order valence-electron chi connectivity index (χ3n) is 4.41. The Hall–Kier alpha value is -2.50. The Balaban J connectivity index is 1.79. The van der Waals surface area contributed by atoms with E-state index >= 15 is 0 Å². The summed E-state index contributed by atoms with van der Waals surface area (Å²) in [6.45, 7) is 1.79. The number of carbonyl (C=O) groups excluding carboxylic acids is 1. The first kappa shape index (κ1) is 17.3. The Labute approximate surface area is 143 Å². The maximum Gasteiger partial charge on any atom is 0.416 e. The van der Waals surface area contributed by atoms with E-state index in [-0.39, 0.29) is 12.0 Å². The SMILES string of the molecule is CC1(CC(=O)c2ccc(C(F)(F)F)cc2O)CCc2ccccc2O1. The molecule has 25 heavy (non-hydrogen) atoms. The third kappa shape index (κ3) is 3.62. The van der Waals surface area contributed by atoms with Gasteiger partial charge in [-0.2, -0.15) is 13.2 Å². The van der Waals surface area contributed by atoms with Crippen molar-refractivity contribution >= 4 is 5.78 Å². The van der Waals surface area contributed by atoms with Gasteiger partial charge in [-0.05, 0) is 49.6 Å². The van der Waals surface area contributed by atoms with E-state index in [2.05, 4.69) is 0 Å². The molecule has 0 bridgehead atoms. The van der Waals surface area contributed by atoms with Crippen LogP contribution in [0.5, 0.6) is 11.5 Å². The van der Waals surface area contributed by atoms with Gasteiger partial charge in [0.15, 0.2) is 5.78 Å². The van der Waals surface area contributed by atoms with Crippen LogP contribution < -0.4 is 4.74 Å². The average molecular weight is 350 g/mol. The molecule has 2 aromatic rings. The molecule has 0 radical (unpaired) electrons. The predicted octanol–water partition coefficient (Wildman–Crippen LogP) is 4.77. The Morgan fingerprint density at radius 3 is 2.64 bits per heavy atom. The molecular formula is C19H17F3O3. The summed E-state index contributed by atoms with van der Waals surface area (Å²) in [4.78, 5) is 12.5. The quantitative estimate of drug-likeness (QED) is 0.811. The number of benzene rings is 2. The zero-order valence-electron chi connectivity index (χ0n) is 13.6. The number of halogens is 3. The van der Waals surface area contributed by atoms with Crippen LogP contribution >= 0.6 is 0 Å². The minimum absolute atomic E-state index is 0.0275. The van der Waals surface area contributed by atoms with Gasteiger partial charge in [-0.3, -0.25) is 4.79 Å². The lowest BCUT2D eigenvalue weighted by Gasteiger charge is -2.35. The summed E-state index contributed by atoms with van der Waals surface area (Å²) in [5.41, 5.74) is -0.822. The van der Waals surface area contributed by atoms with E-state index in [0.717, 1.165) is 24.1 Å². The molecule has 132 valence electrons. The maximum atomic E-state index is 12.7. The molecule has 3 rings (SSSR count). The Morgan fingerprint density at radius 1 is 1.24 bits per heavy atom. The van der Waals surface area contributed by atoms with Crippen LogP contribution in [-0.2, 0) is 12.6 Å². The van der Waals surface area contributed by atoms with Crippen molar-refractivity contribution in [1.29, 1.82) is 0 Å². The molecule has 1 heterocycles. The van der Waals surface area contributed by atoms with Gasteiger partial charge in [-0.25, -0.2) is 0 Å². The number of aromatic hydroxyl groups is 1. The van der Waals surface area contributed by atoms with Crippen molar-refractivity contribution in [3.63, 3.8) is 0 Å². The number of para-hydroxylation sites is 1. The minimum atomic E-state index is -4.57. The highest BCUT2D eigenvalue weighted by Gasteiger charge is 2.36. The summed E-state index contributed by atoms with van der Waals surface area (Å²) < 4.78 is 43.9. The number of phenols is 1. The fraction of sp³-hybridized carbons (Fsp3) is 0.316. The van der Waals surface area contributed by atoms with Crippen LogP contribution in [0, 0.1) is 0 Å². The lowest BCUT2D eigenvalue weighted by atomic mass is 9.86. The van der Waals surface area contributed by atoms with Gasteiger partial charge in [0.1, 0.15) is 17.1 Å². The van der Waals surface area contributed by atoms with Crippen molar-refractivity contribution in [2.75, 3.05) is 0 Å². The van der Waals surface area contributed by atoms with Gasteiger partial charge in [-0.1, -0.05) is 18.2 Å². The molecule has 1 unspecified atom stereocenters. The van der Waals surface area contributed by atoms with E-state index in [4.69, 9.17) is 4.74 Å². The van der Waals surface area contributed by atoms with Gasteiger partial charge in [0.2, 0.25) is 0 Å². The van der Waals surface area contributed by atoms with Crippen molar-refractivity contribution in [1.82, 2.24) is 0 Å². The van der Waals surface area contributed by atoms with Crippen molar-refractivity contribution in [2.24, 2.45) is 0 Å². The van der Waals surface area contributed by atoms with E-state index < -0.39 is 28.9 Å². The minimum Gasteiger partial charge on any atom is -0.507 e. The topological polar surface area (TPSA) is 46.5 Å². The summed E-state index contributed by atoms with van der Waals surface area (Å²) in [6.07, 6.45) is -3.24. The van der Waals surface area contributed by atoms with Crippen LogP contribution in [0.4, 0.5) is 13.2 Å². The van der Waals surface area contributed by atoms with E-state index in [9.17, 15) is 23.1 Å². The number of phenolic OH excluding ortho intramolecular Hbond substituents is 1. The normalized spacial score (nSPS) is 19.8. The molecular weight excluding hydrogens is 333 g/mol. The van der Waals surface area contributed by atoms with Gasteiger partial charge >= 0.3 is 6.18 Å². The largest absolute Gasteiger partial charge is 0.507 e. The summed E-state index contributed by atoms with van der Waals surface area (Å²) >= 11 is 0. The predicted molar refractivity (Wildman–Crippen MR) is 85.9 cm³/mol. The fourth-order valence-electron chi connectivity index (χ4n) is 3.03. The van der Waals surface area contributed by atoms with Crippen molar-refractivity contribution in [3.8, 4) is 11.5 Å². The average Bonchev–Trinajstić information content (AvgIpc) is 2.53. The highest BCUT2D eigenvalue weighted by Crippen LogP contribution is 2.37. The second-order valence-electron chi connectivity index (χ2n) is 6.49. The number of hydrogen-bond acceptors (Lipinski definition) is 3. The van der Waals surface area contributed by atoms with E-state index in [1.807, 2.05) is 24.3 Å². The molecule has 1 aliphatic rings. The Morgan fingerprint density at radius 2 is 1.96 bits per heavy atom. The van der Waals surface area contributed by atoms with E-state index in [1.165, 1.54) is 0 Å². The van der Waals surface area contributed by atoms with Gasteiger partial charge in [0, 0.05) is 0 Å².